The van der Waals surface area contributed by atoms with E-state index < -0.39 is 23.0 Å². The summed E-state index contributed by atoms with van der Waals surface area (Å²) in [6, 6.07) is 2.42. The largest absolute Gasteiger partial charge is 0.294 e. The summed E-state index contributed by atoms with van der Waals surface area (Å²) in [5.74, 6) is 3.19. The summed E-state index contributed by atoms with van der Waals surface area (Å²) >= 11 is 0. The van der Waals surface area contributed by atoms with Gasteiger partial charge < -0.3 is 0 Å². The number of Topliss-reactive ketones (excluding diaryl/α,β-unsaturated/α-hetero) is 1. The minimum absolute atomic E-state index is 0.0398. The summed E-state index contributed by atoms with van der Waals surface area (Å²) in [5.41, 5.74) is -0.177. The molecule has 16 heavy (non-hydrogen) atoms. The van der Waals surface area contributed by atoms with Gasteiger partial charge in [0.25, 0.3) is 0 Å². The van der Waals surface area contributed by atoms with E-state index in [1.807, 2.05) is 0 Å². The standard InChI is InChI=1S/C13H12F2O/c1-3-4-5-6-11(16)12-10(14)8-7-9(2)13(12)15/h7-8H,5-6H2,1-2H3. The number of ketones is 1. The van der Waals surface area contributed by atoms with Crippen molar-refractivity contribution in [3.05, 3.63) is 34.9 Å². The van der Waals surface area contributed by atoms with Crippen LogP contribution in [0.5, 0.6) is 0 Å². The number of rotatable bonds is 3. The second kappa shape index (κ2) is 5.41. The normalized spacial score (nSPS) is 9.50. The zero-order chi connectivity index (χ0) is 12.1. The third-order valence-corrected chi connectivity index (χ3v) is 2.22. The molecule has 1 aromatic carbocycles. The van der Waals surface area contributed by atoms with Crippen molar-refractivity contribution in [3.8, 4) is 11.8 Å². The summed E-state index contributed by atoms with van der Waals surface area (Å²) < 4.78 is 26.8. The van der Waals surface area contributed by atoms with Gasteiger partial charge in [-0.25, -0.2) is 8.78 Å². The first-order valence-corrected chi connectivity index (χ1v) is 4.95. The molecule has 0 aliphatic rings. The van der Waals surface area contributed by atoms with Gasteiger partial charge in [-0.1, -0.05) is 6.07 Å². The second-order valence-electron chi connectivity index (χ2n) is 3.40. The molecule has 0 amide bonds. The van der Waals surface area contributed by atoms with E-state index in [0.29, 0.717) is 6.42 Å². The van der Waals surface area contributed by atoms with Crippen LogP contribution in [0.25, 0.3) is 0 Å². The Balaban J connectivity index is 2.97. The molecular formula is C13H12F2O. The molecule has 0 aromatic heterocycles. The maximum absolute atomic E-state index is 13.5. The van der Waals surface area contributed by atoms with Crippen LogP contribution < -0.4 is 0 Å². The van der Waals surface area contributed by atoms with Crippen LogP contribution in [0, 0.1) is 30.4 Å². The minimum Gasteiger partial charge on any atom is -0.294 e. The fraction of sp³-hybridized carbons (Fsp3) is 0.308. The van der Waals surface area contributed by atoms with Gasteiger partial charge in [0.1, 0.15) is 11.6 Å². The van der Waals surface area contributed by atoms with Crippen molar-refractivity contribution < 1.29 is 13.6 Å². The Bertz CT molecular complexity index is 467. The van der Waals surface area contributed by atoms with E-state index >= 15 is 0 Å². The molecule has 0 saturated heterocycles. The molecule has 0 aliphatic heterocycles. The number of aryl methyl sites for hydroxylation is 1. The molecule has 0 bridgehead atoms. The lowest BCUT2D eigenvalue weighted by atomic mass is 10.0. The highest BCUT2D eigenvalue weighted by Gasteiger charge is 2.18. The number of benzene rings is 1. The lowest BCUT2D eigenvalue weighted by molar-refractivity contribution is 0.0976. The van der Waals surface area contributed by atoms with Crippen molar-refractivity contribution in [2.24, 2.45) is 0 Å². The van der Waals surface area contributed by atoms with Crippen molar-refractivity contribution >= 4 is 5.78 Å². The highest BCUT2D eigenvalue weighted by atomic mass is 19.1. The van der Waals surface area contributed by atoms with E-state index in [2.05, 4.69) is 11.8 Å². The van der Waals surface area contributed by atoms with Gasteiger partial charge in [-0.15, -0.1) is 11.8 Å². The van der Waals surface area contributed by atoms with Crippen LogP contribution in [0.2, 0.25) is 0 Å². The van der Waals surface area contributed by atoms with E-state index in [4.69, 9.17) is 0 Å². The number of halogens is 2. The van der Waals surface area contributed by atoms with Gasteiger partial charge in [0.05, 0.1) is 5.56 Å². The Morgan fingerprint density at radius 3 is 2.69 bits per heavy atom. The van der Waals surface area contributed by atoms with Gasteiger partial charge in [0.15, 0.2) is 5.78 Å². The Hall–Kier alpha value is -1.69. The molecule has 1 aromatic rings. The molecule has 0 saturated carbocycles. The maximum Gasteiger partial charge on any atom is 0.169 e. The lowest BCUT2D eigenvalue weighted by Crippen LogP contribution is -2.07. The molecule has 0 aliphatic carbocycles. The Morgan fingerprint density at radius 1 is 1.38 bits per heavy atom. The molecule has 0 radical (unpaired) electrons. The third kappa shape index (κ3) is 2.66. The fourth-order valence-electron chi connectivity index (χ4n) is 1.34. The average molecular weight is 222 g/mol. The predicted molar refractivity (Wildman–Crippen MR) is 58.1 cm³/mol. The van der Waals surface area contributed by atoms with Crippen molar-refractivity contribution in [1.82, 2.24) is 0 Å². The maximum atomic E-state index is 13.5. The minimum atomic E-state index is -0.808. The van der Waals surface area contributed by atoms with Crippen LogP contribution in [-0.2, 0) is 0 Å². The smallest absolute Gasteiger partial charge is 0.169 e. The van der Waals surface area contributed by atoms with E-state index in [9.17, 15) is 13.6 Å². The first-order valence-electron chi connectivity index (χ1n) is 4.95. The van der Waals surface area contributed by atoms with Crippen LogP contribution in [0.1, 0.15) is 35.7 Å². The van der Waals surface area contributed by atoms with Crippen LogP contribution in [-0.4, -0.2) is 5.78 Å². The van der Waals surface area contributed by atoms with Gasteiger partial charge >= 0.3 is 0 Å². The molecular weight excluding hydrogens is 210 g/mol. The molecule has 0 fully saturated rings. The highest BCUT2D eigenvalue weighted by molar-refractivity contribution is 5.96. The summed E-state index contributed by atoms with van der Waals surface area (Å²) in [7, 11) is 0. The fourth-order valence-corrected chi connectivity index (χ4v) is 1.34. The highest BCUT2D eigenvalue weighted by Crippen LogP contribution is 2.18. The zero-order valence-corrected chi connectivity index (χ0v) is 9.23. The zero-order valence-electron chi connectivity index (χ0n) is 9.23. The molecule has 0 N–H and O–H groups in total. The van der Waals surface area contributed by atoms with Crippen LogP contribution >= 0.6 is 0 Å². The monoisotopic (exact) mass is 222 g/mol. The van der Waals surface area contributed by atoms with Gasteiger partial charge in [-0.2, -0.15) is 0 Å². The van der Waals surface area contributed by atoms with Gasteiger partial charge in [0.2, 0.25) is 0 Å². The molecule has 0 unspecified atom stereocenters. The van der Waals surface area contributed by atoms with Gasteiger partial charge in [0, 0.05) is 12.8 Å². The van der Waals surface area contributed by atoms with E-state index in [0.717, 1.165) is 6.07 Å². The SMILES string of the molecule is CC#CCCC(=O)c1c(F)ccc(C)c1F. The Kier molecular flexibility index (Phi) is 4.19. The number of hydrogen-bond acceptors (Lipinski definition) is 1. The molecule has 0 atom stereocenters. The molecule has 0 heterocycles. The van der Waals surface area contributed by atoms with Gasteiger partial charge in [-0.3, -0.25) is 4.79 Å². The summed E-state index contributed by atoms with van der Waals surface area (Å²) in [6.45, 7) is 3.15. The second-order valence-corrected chi connectivity index (χ2v) is 3.40. The topological polar surface area (TPSA) is 17.1 Å². The Morgan fingerprint density at radius 2 is 2.06 bits per heavy atom. The number of carbonyl (C=O) groups is 1. The number of carbonyl (C=O) groups excluding carboxylic acids is 1. The first kappa shape index (κ1) is 12.4. The molecule has 0 spiro atoms. The predicted octanol–water partition coefficient (Wildman–Crippen LogP) is 3.26. The lowest BCUT2D eigenvalue weighted by Gasteiger charge is -2.05. The van der Waals surface area contributed by atoms with Crippen molar-refractivity contribution in [3.63, 3.8) is 0 Å². The Labute approximate surface area is 93.5 Å². The number of hydrogen-bond donors (Lipinski definition) is 0. The molecule has 84 valence electrons. The summed E-state index contributed by atoms with van der Waals surface area (Å²) in [6.07, 6.45) is 0.361. The molecule has 3 heteroatoms. The van der Waals surface area contributed by atoms with Gasteiger partial charge in [-0.05, 0) is 25.5 Å². The van der Waals surface area contributed by atoms with Crippen LogP contribution in [0.4, 0.5) is 8.78 Å². The van der Waals surface area contributed by atoms with Crippen LogP contribution in [0.3, 0.4) is 0 Å². The molecule has 1 nitrogen and oxygen atoms in total. The van der Waals surface area contributed by atoms with Crippen LogP contribution in [0.15, 0.2) is 12.1 Å². The summed E-state index contributed by atoms with van der Waals surface area (Å²) in [5, 5.41) is 0. The van der Waals surface area contributed by atoms with E-state index in [1.54, 1.807) is 6.92 Å². The first-order chi connectivity index (χ1) is 7.57. The van der Waals surface area contributed by atoms with Crippen molar-refractivity contribution in [1.29, 1.82) is 0 Å². The van der Waals surface area contributed by atoms with E-state index in [1.165, 1.54) is 13.0 Å². The quantitative estimate of drug-likeness (QED) is 0.566. The summed E-state index contributed by atoms with van der Waals surface area (Å²) in [4.78, 5) is 11.6. The third-order valence-electron chi connectivity index (χ3n) is 2.22. The van der Waals surface area contributed by atoms with Crippen molar-refractivity contribution in [2.75, 3.05) is 0 Å². The van der Waals surface area contributed by atoms with E-state index in [-0.39, 0.29) is 12.0 Å². The van der Waals surface area contributed by atoms with Crippen molar-refractivity contribution in [2.45, 2.75) is 26.7 Å². The average Bonchev–Trinajstić information content (AvgIpc) is 2.24. The molecule has 1 rings (SSSR count).